The number of carbonyl (C=O) groups is 3. The molecule has 0 spiro atoms. The van der Waals surface area contributed by atoms with Crippen molar-refractivity contribution in [3.63, 3.8) is 0 Å². The van der Waals surface area contributed by atoms with Gasteiger partial charge in [-0.3, -0.25) is 15.4 Å². The number of carbonyl (C=O) groups excluding carboxylic acids is 2. The third kappa shape index (κ3) is 5.41. The lowest BCUT2D eigenvalue weighted by molar-refractivity contribution is 0.104. The summed E-state index contributed by atoms with van der Waals surface area (Å²) < 4.78 is 4.80. The number of anilines is 2. The zero-order chi connectivity index (χ0) is 21.5. The molecule has 0 fully saturated rings. The monoisotopic (exact) mass is 405 g/mol. The Morgan fingerprint density at radius 3 is 2.43 bits per heavy atom. The zero-order valence-corrected chi connectivity index (χ0v) is 16.1. The lowest BCUT2D eigenvalue weighted by Gasteiger charge is -2.05. The predicted octanol–water partition coefficient (Wildman–Crippen LogP) is 4.79. The highest BCUT2D eigenvalue weighted by Crippen LogP contribution is 2.19. The number of benzene rings is 2. The summed E-state index contributed by atoms with van der Waals surface area (Å²) >= 11 is 0. The van der Waals surface area contributed by atoms with E-state index in [1.165, 1.54) is 6.08 Å². The van der Waals surface area contributed by atoms with Crippen LogP contribution in [0.3, 0.4) is 0 Å². The van der Waals surface area contributed by atoms with Gasteiger partial charge < -0.3 is 9.84 Å². The van der Waals surface area contributed by atoms with Crippen molar-refractivity contribution in [1.29, 1.82) is 0 Å². The molecule has 30 heavy (non-hydrogen) atoms. The molecule has 0 aliphatic heterocycles. The van der Waals surface area contributed by atoms with Crippen LogP contribution in [0.25, 0.3) is 17.0 Å². The van der Waals surface area contributed by atoms with Crippen molar-refractivity contribution in [1.82, 2.24) is 4.98 Å². The molecule has 8 nitrogen and oxygen atoms in total. The van der Waals surface area contributed by atoms with E-state index in [0.717, 1.165) is 5.39 Å². The van der Waals surface area contributed by atoms with Gasteiger partial charge in [0.05, 0.1) is 17.8 Å². The molecule has 2 aromatic carbocycles. The molecule has 0 saturated heterocycles. The van der Waals surface area contributed by atoms with Crippen molar-refractivity contribution in [2.75, 3.05) is 17.2 Å². The molecule has 3 N–H and O–H groups in total. The number of ether oxygens (including phenoxy) is 1. The highest BCUT2D eigenvalue weighted by molar-refractivity contribution is 6.07. The van der Waals surface area contributed by atoms with Gasteiger partial charge in [-0.1, -0.05) is 6.07 Å². The van der Waals surface area contributed by atoms with Crippen LogP contribution in [-0.2, 0) is 4.74 Å². The smallest absolute Gasteiger partial charge is 0.411 e. The summed E-state index contributed by atoms with van der Waals surface area (Å²) in [6.45, 7) is 1.99. The van der Waals surface area contributed by atoms with Crippen LogP contribution < -0.4 is 10.6 Å². The van der Waals surface area contributed by atoms with Crippen LogP contribution in [0.5, 0.6) is 0 Å². The third-order valence-electron chi connectivity index (χ3n) is 4.06. The molecule has 0 saturated carbocycles. The fourth-order valence-corrected chi connectivity index (χ4v) is 2.70. The second kappa shape index (κ2) is 9.33. The number of carboxylic acid groups (broad SMARTS) is 1. The van der Waals surface area contributed by atoms with E-state index < -0.39 is 12.2 Å². The Bertz CT molecular complexity index is 1120. The molecule has 0 aliphatic rings. The summed E-state index contributed by atoms with van der Waals surface area (Å²) in [5.74, 6) is -0.208. The van der Waals surface area contributed by atoms with E-state index in [2.05, 4.69) is 15.6 Å². The van der Waals surface area contributed by atoms with Gasteiger partial charge in [-0.05, 0) is 67.6 Å². The fraction of sp³-hybridized carbons (Fsp3) is 0.0909. The molecular formula is C22H19N3O5. The van der Waals surface area contributed by atoms with E-state index in [-0.39, 0.29) is 12.4 Å². The van der Waals surface area contributed by atoms with E-state index in [1.54, 1.807) is 67.6 Å². The molecule has 1 aromatic heterocycles. The van der Waals surface area contributed by atoms with Crippen LogP contribution in [-0.4, -0.2) is 34.7 Å². The van der Waals surface area contributed by atoms with Crippen molar-refractivity contribution in [2.45, 2.75) is 6.92 Å². The first-order valence-corrected chi connectivity index (χ1v) is 9.11. The van der Waals surface area contributed by atoms with E-state index >= 15 is 0 Å². The van der Waals surface area contributed by atoms with Gasteiger partial charge in [0.2, 0.25) is 0 Å². The molecule has 0 radical (unpaired) electrons. The van der Waals surface area contributed by atoms with Gasteiger partial charge in [0.1, 0.15) is 0 Å². The van der Waals surface area contributed by atoms with Crippen molar-refractivity contribution >= 4 is 46.3 Å². The first-order chi connectivity index (χ1) is 14.4. The molecule has 3 rings (SSSR count). The zero-order valence-electron chi connectivity index (χ0n) is 16.1. The van der Waals surface area contributed by atoms with Crippen LogP contribution >= 0.6 is 0 Å². The predicted molar refractivity (Wildman–Crippen MR) is 114 cm³/mol. The number of amides is 2. The van der Waals surface area contributed by atoms with Crippen molar-refractivity contribution < 1.29 is 24.2 Å². The lowest BCUT2D eigenvalue weighted by atomic mass is 10.1. The molecule has 152 valence electrons. The molecule has 2 amide bonds. The van der Waals surface area contributed by atoms with Crippen LogP contribution in [0.4, 0.5) is 21.0 Å². The number of hydrogen-bond donors (Lipinski definition) is 3. The summed E-state index contributed by atoms with van der Waals surface area (Å²) in [5.41, 5.74) is 2.72. The van der Waals surface area contributed by atoms with E-state index in [1.807, 2.05) is 0 Å². The minimum absolute atomic E-state index is 0.208. The molecule has 0 bridgehead atoms. The number of rotatable bonds is 6. The average molecular weight is 405 g/mol. The minimum Gasteiger partial charge on any atom is -0.465 e. The van der Waals surface area contributed by atoms with Crippen LogP contribution in [0.2, 0.25) is 0 Å². The number of hydrogen-bond acceptors (Lipinski definition) is 5. The first kappa shape index (κ1) is 20.5. The molecule has 1 heterocycles. The molecule has 8 heteroatoms. The van der Waals surface area contributed by atoms with Crippen LogP contribution in [0.15, 0.2) is 60.7 Å². The summed E-state index contributed by atoms with van der Waals surface area (Å²) in [7, 11) is 0. The summed E-state index contributed by atoms with van der Waals surface area (Å²) in [6, 6.07) is 15.0. The highest BCUT2D eigenvalue weighted by Gasteiger charge is 2.06. The van der Waals surface area contributed by atoms with Crippen LogP contribution in [0, 0.1) is 0 Å². The SMILES string of the molecule is CCOC(=O)Nc1ccc(C(=O)C=Cc2ccc3cc(NC(=O)O)ccc3n2)cc1. The minimum atomic E-state index is -1.13. The largest absolute Gasteiger partial charge is 0.465 e. The molecular weight excluding hydrogens is 386 g/mol. The van der Waals surface area contributed by atoms with Gasteiger partial charge in [-0.25, -0.2) is 14.6 Å². The van der Waals surface area contributed by atoms with Crippen molar-refractivity contribution in [3.05, 3.63) is 71.9 Å². The number of nitrogens with one attached hydrogen (secondary N) is 2. The highest BCUT2D eigenvalue weighted by atomic mass is 16.5. The Balaban J connectivity index is 1.68. The molecule has 0 unspecified atom stereocenters. The molecule has 0 aliphatic carbocycles. The van der Waals surface area contributed by atoms with E-state index in [9.17, 15) is 14.4 Å². The quantitative estimate of drug-likeness (QED) is 0.401. The Labute approximate surface area is 172 Å². The maximum Gasteiger partial charge on any atom is 0.411 e. The number of pyridine rings is 1. The average Bonchev–Trinajstić information content (AvgIpc) is 2.72. The number of allylic oxidation sites excluding steroid dienone is 1. The van der Waals surface area contributed by atoms with Crippen LogP contribution in [0.1, 0.15) is 23.0 Å². The van der Waals surface area contributed by atoms with Gasteiger partial charge in [0.15, 0.2) is 5.78 Å². The Morgan fingerprint density at radius 2 is 1.73 bits per heavy atom. The summed E-state index contributed by atoms with van der Waals surface area (Å²) in [5, 5.41) is 14.4. The van der Waals surface area contributed by atoms with Crippen molar-refractivity contribution in [3.8, 4) is 0 Å². The Morgan fingerprint density at radius 1 is 1.00 bits per heavy atom. The summed E-state index contributed by atoms with van der Waals surface area (Å²) in [6.07, 6.45) is 1.34. The van der Waals surface area contributed by atoms with Gasteiger partial charge >= 0.3 is 12.2 Å². The van der Waals surface area contributed by atoms with Gasteiger partial charge in [0.25, 0.3) is 0 Å². The second-order valence-electron chi connectivity index (χ2n) is 6.19. The van der Waals surface area contributed by atoms with E-state index in [4.69, 9.17) is 9.84 Å². The van der Waals surface area contributed by atoms with Gasteiger partial charge in [-0.2, -0.15) is 0 Å². The third-order valence-corrected chi connectivity index (χ3v) is 4.06. The maximum atomic E-state index is 12.4. The normalized spacial score (nSPS) is 10.7. The summed E-state index contributed by atoms with van der Waals surface area (Å²) in [4.78, 5) is 39.0. The van der Waals surface area contributed by atoms with Crippen molar-refractivity contribution in [2.24, 2.45) is 0 Å². The fourth-order valence-electron chi connectivity index (χ4n) is 2.70. The van der Waals surface area contributed by atoms with Gasteiger partial charge in [-0.15, -0.1) is 0 Å². The molecule has 3 aromatic rings. The lowest BCUT2D eigenvalue weighted by Crippen LogP contribution is -2.13. The number of ketones is 1. The Kier molecular flexibility index (Phi) is 6.39. The standard InChI is InChI=1S/C22H19N3O5/c1-2-30-22(29)25-17-6-3-14(4-7-17)20(26)12-10-16-8-5-15-13-18(24-21(27)28)9-11-19(15)23-16/h3-13,24H,2H2,1H3,(H,25,29)(H,27,28). The number of nitrogens with zero attached hydrogens (tertiary/aromatic N) is 1. The molecule has 0 atom stereocenters. The second-order valence-corrected chi connectivity index (χ2v) is 6.19. The topological polar surface area (TPSA) is 118 Å². The van der Waals surface area contributed by atoms with Gasteiger partial charge in [0, 0.05) is 22.3 Å². The first-order valence-electron chi connectivity index (χ1n) is 9.11. The van der Waals surface area contributed by atoms with E-state index in [0.29, 0.717) is 28.1 Å². The Hall–Kier alpha value is -4.20. The maximum absolute atomic E-state index is 12.4. The number of aromatic nitrogens is 1. The number of fused-ring (bicyclic) bond motifs is 1.